The van der Waals surface area contributed by atoms with Gasteiger partial charge in [0, 0.05) is 28.4 Å². The minimum absolute atomic E-state index is 0.344. The highest BCUT2D eigenvalue weighted by Gasteiger charge is 2.02. The van der Waals surface area contributed by atoms with E-state index in [2.05, 4.69) is 10.3 Å². The first-order valence-corrected chi connectivity index (χ1v) is 7.16. The molecule has 0 fully saturated rings. The molecular formula is C14H13Cl2N3S. The Labute approximate surface area is 133 Å². The predicted octanol–water partition coefficient (Wildman–Crippen LogP) is 3.68. The number of rotatable bonds is 5. The number of halogens is 2. The number of nitrogens with two attached hydrogens (primary N) is 1. The summed E-state index contributed by atoms with van der Waals surface area (Å²) in [5.74, 6) is 0.773. The van der Waals surface area contributed by atoms with E-state index >= 15 is 0 Å². The van der Waals surface area contributed by atoms with Gasteiger partial charge in [-0.2, -0.15) is 0 Å². The van der Waals surface area contributed by atoms with Crippen LogP contribution in [0.15, 0.2) is 36.5 Å². The van der Waals surface area contributed by atoms with E-state index in [0.29, 0.717) is 15.0 Å². The molecule has 0 atom stereocenters. The Kier molecular flexibility index (Phi) is 5.17. The van der Waals surface area contributed by atoms with Crippen LogP contribution < -0.4 is 11.1 Å². The number of hydrogen-bond acceptors (Lipinski definition) is 3. The molecule has 0 aliphatic heterocycles. The van der Waals surface area contributed by atoms with Gasteiger partial charge in [0.2, 0.25) is 0 Å². The molecule has 0 aliphatic rings. The molecule has 0 spiro atoms. The molecular weight excluding hydrogens is 313 g/mol. The maximum absolute atomic E-state index is 6.11. The molecule has 104 valence electrons. The fraction of sp³-hybridized carbons (Fsp3) is 0.143. The lowest BCUT2D eigenvalue weighted by atomic mass is 10.1. The van der Waals surface area contributed by atoms with Gasteiger partial charge in [-0.25, -0.2) is 4.98 Å². The van der Waals surface area contributed by atoms with Gasteiger partial charge in [0.05, 0.1) is 0 Å². The van der Waals surface area contributed by atoms with Crippen LogP contribution in [0.3, 0.4) is 0 Å². The summed E-state index contributed by atoms with van der Waals surface area (Å²) < 4.78 is 0. The first-order valence-electron chi connectivity index (χ1n) is 6.00. The Hall–Kier alpha value is -1.36. The van der Waals surface area contributed by atoms with Gasteiger partial charge in [-0.3, -0.25) is 0 Å². The quantitative estimate of drug-likeness (QED) is 0.823. The van der Waals surface area contributed by atoms with Crippen molar-refractivity contribution in [2.75, 3.05) is 11.9 Å². The molecule has 2 aromatic rings. The van der Waals surface area contributed by atoms with Crippen LogP contribution in [0, 0.1) is 0 Å². The van der Waals surface area contributed by atoms with E-state index < -0.39 is 0 Å². The second kappa shape index (κ2) is 6.88. The van der Waals surface area contributed by atoms with Gasteiger partial charge in [0.1, 0.15) is 10.8 Å². The molecule has 0 unspecified atom stereocenters. The van der Waals surface area contributed by atoms with E-state index in [1.165, 1.54) is 0 Å². The zero-order valence-corrected chi connectivity index (χ0v) is 12.9. The minimum atomic E-state index is 0.344. The van der Waals surface area contributed by atoms with Crippen molar-refractivity contribution in [3.8, 4) is 0 Å². The Bertz CT molecular complexity index is 614. The number of benzene rings is 1. The van der Waals surface area contributed by atoms with Crippen molar-refractivity contribution in [1.82, 2.24) is 4.98 Å². The maximum atomic E-state index is 6.11. The van der Waals surface area contributed by atoms with Crippen molar-refractivity contribution in [3.63, 3.8) is 0 Å². The van der Waals surface area contributed by atoms with Crippen molar-refractivity contribution >= 4 is 46.2 Å². The fourth-order valence-corrected chi connectivity index (χ4v) is 2.32. The highest BCUT2D eigenvalue weighted by atomic mass is 35.5. The second-order valence-corrected chi connectivity index (χ2v) is 5.49. The molecule has 1 aromatic heterocycles. The number of nitrogens with one attached hydrogen (secondary N) is 1. The van der Waals surface area contributed by atoms with Crippen LogP contribution >= 0.6 is 35.4 Å². The topological polar surface area (TPSA) is 50.9 Å². The van der Waals surface area contributed by atoms with Crippen LogP contribution in [0.5, 0.6) is 0 Å². The van der Waals surface area contributed by atoms with Crippen LogP contribution in [0.4, 0.5) is 5.82 Å². The van der Waals surface area contributed by atoms with Gasteiger partial charge in [-0.05, 0) is 36.2 Å². The summed E-state index contributed by atoms with van der Waals surface area (Å²) in [5.41, 5.74) is 7.31. The summed E-state index contributed by atoms with van der Waals surface area (Å²) in [7, 11) is 0. The normalized spacial score (nSPS) is 10.3. The molecule has 0 bridgehead atoms. The van der Waals surface area contributed by atoms with Crippen LogP contribution in [-0.2, 0) is 6.42 Å². The Morgan fingerprint density at radius 1 is 1.25 bits per heavy atom. The molecule has 1 aromatic carbocycles. The summed E-state index contributed by atoms with van der Waals surface area (Å²) in [6, 6.07) is 9.19. The van der Waals surface area contributed by atoms with E-state index in [4.69, 9.17) is 41.2 Å². The molecule has 2 rings (SSSR count). The van der Waals surface area contributed by atoms with Crippen molar-refractivity contribution in [1.29, 1.82) is 0 Å². The zero-order chi connectivity index (χ0) is 14.5. The molecule has 0 saturated heterocycles. The zero-order valence-electron chi connectivity index (χ0n) is 10.6. The van der Waals surface area contributed by atoms with E-state index in [1.54, 1.807) is 12.3 Å². The largest absolute Gasteiger partial charge is 0.389 e. The maximum Gasteiger partial charge on any atom is 0.125 e. The highest BCUT2D eigenvalue weighted by molar-refractivity contribution is 7.80. The standard InChI is InChI=1S/C14H13Cl2N3S/c15-11-3-1-9(12(16)7-11)5-6-18-13-4-2-10(8-19-13)14(17)20/h1-4,7-8H,5-6H2,(H2,17,20)(H,18,19). The Morgan fingerprint density at radius 3 is 2.65 bits per heavy atom. The number of nitrogens with zero attached hydrogens (tertiary/aromatic N) is 1. The average Bonchev–Trinajstić information content (AvgIpc) is 2.42. The Balaban J connectivity index is 1.91. The Morgan fingerprint density at radius 2 is 2.05 bits per heavy atom. The van der Waals surface area contributed by atoms with Gasteiger partial charge in [-0.15, -0.1) is 0 Å². The van der Waals surface area contributed by atoms with E-state index in [1.807, 2.05) is 24.3 Å². The van der Waals surface area contributed by atoms with Crippen molar-refractivity contribution in [2.24, 2.45) is 5.73 Å². The molecule has 1 heterocycles. The molecule has 3 N–H and O–H groups in total. The first kappa shape index (κ1) is 15.0. The van der Waals surface area contributed by atoms with Crippen LogP contribution in [0.2, 0.25) is 10.0 Å². The molecule has 3 nitrogen and oxygen atoms in total. The lowest BCUT2D eigenvalue weighted by Gasteiger charge is -2.08. The van der Waals surface area contributed by atoms with Crippen LogP contribution in [0.25, 0.3) is 0 Å². The lowest BCUT2D eigenvalue weighted by Crippen LogP contribution is -2.11. The van der Waals surface area contributed by atoms with E-state index in [9.17, 15) is 0 Å². The number of aromatic nitrogens is 1. The summed E-state index contributed by atoms with van der Waals surface area (Å²) in [5, 5.41) is 4.53. The highest BCUT2D eigenvalue weighted by Crippen LogP contribution is 2.21. The number of thiocarbonyl (C=S) groups is 1. The SMILES string of the molecule is NC(=S)c1ccc(NCCc2ccc(Cl)cc2Cl)nc1. The van der Waals surface area contributed by atoms with Gasteiger partial charge in [0.25, 0.3) is 0 Å². The predicted molar refractivity (Wildman–Crippen MR) is 88.8 cm³/mol. The van der Waals surface area contributed by atoms with E-state index in [0.717, 1.165) is 29.9 Å². The smallest absolute Gasteiger partial charge is 0.125 e. The monoisotopic (exact) mass is 325 g/mol. The first-order chi connectivity index (χ1) is 9.56. The van der Waals surface area contributed by atoms with Crippen LogP contribution in [-0.4, -0.2) is 16.5 Å². The van der Waals surface area contributed by atoms with Gasteiger partial charge in [-0.1, -0.05) is 41.5 Å². The third-order valence-electron chi connectivity index (χ3n) is 2.76. The van der Waals surface area contributed by atoms with Gasteiger partial charge in [0.15, 0.2) is 0 Å². The van der Waals surface area contributed by atoms with Crippen molar-refractivity contribution < 1.29 is 0 Å². The summed E-state index contributed by atoms with van der Waals surface area (Å²) >= 11 is 16.8. The van der Waals surface area contributed by atoms with Gasteiger partial charge >= 0.3 is 0 Å². The molecule has 20 heavy (non-hydrogen) atoms. The fourth-order valence-electron chi connectivity index (χ4n) is 1.69. The summed E-state index contributed by atoms with van der Waals surface area (Å²) in [6.45, 7) is 0.723. The molecule has 0 radical (unpaired) electrons. The number of pyridine rings is 1. The molecule has 0 amide bonds. The third kappa shape index (κ3) is 4.07. The average molecular weight is 326 g/mol. The summed E-state index contributed by atoms with van der Waals surface area (Å²) in [4.78, 5) is 4.58. The molecule has 6 heteroatoms. The van der Waals surface area contributed by atoms with Crippen molar-refractivity contribution in [2.45, 2.75) is 6.42 Å². The number of anilines is 1. The van der Waals surface area contributed by atoms with Crippen molar-refractivity contribution in [3.05, 3.63) is 57.7 Å². The van der Waals surface area contributed by atoms with Crippen LogP contribution in [0.1, 0.15) is 11.1 Å². The summed E-state index contributed by atoms with van der Waals surface area (Å²) in [6.07, 6.45) is 2.44. The third-order valence-corrected chi connectivity index (χ3v) is 3.59. The second-order valence-electron chi connectivity index (χ2n) is 4.21. The molecule has 0 aliphatic carbocycles. The lowest BCUT2D eigenvalue weighted by molar-refractivity contribution is 1.01. The number of hydrogen-bond donors (Lipinski definition) is 2. The van der Waals surface area contributed by atoms with Gasteiger partial charge < -0.3 is 11.1 Å². The minimum Gasteiger partial charge on any atom is -0.389 e. The molecule has 0 saturated carbocycles. The van der Waals surface area contributed by atoms with E-state index in [-0.39, 0.29) is 0 Å².